The molecule has 1 aromatic rings. The molecule has 110 valence electrons. The fourth-order valence-electron chi connectivity index (χ4n) is 3.33. The molecule has 1 aliphatic rings. The van der Waals surface area contributed by atoms with Crippen molar-refractivity contribution in [3.63, 3.8) is 0 Å². The van der Waals surface area contributed by atoms with Crippen LogP contribution in [0.15, 0.2) is 28.7 Å². The summed E-state index contributed by atoms with van der Waals surface area (Å²) in [6, 6.07) is 7.73. The molecule has 1 amide bonds. The standard InChI is InChI=1S/C16H23BrN2O/c1-15(2)9-11(10-16(3,4)19-15)18-14(20)12-7-5-6-8-13(12)17/h5-8,11,19H,9-10H2,1-4H3,(H,18,20). The van der Waals surface area contributed by atoms with Crippen LogP contribution < -0.4 is 10.6 Å². The van der Waals surface area contributed by atoms with E-state index in [1.54, 1.807) is 0 Å². The largest absolute Gasteiger partial charge is 0.349 e. The van der Waals surface area contributed by atoms with Crippen LogP contribution >= 0.6 is 15.9 Å². The minimum Gasteiger partial charge on any atom is -0.349 e. The molecule has 4 heteroatoms. The minimum atomic E-state index is -0.00373. The van der Waals surface area contributed by atoms with E-state index in [4.69, 9.17) is 0 Å². The van der Waals surface area contributed by atoms with E-state index < -0.39 is 0 Å². The van der Waals surface area contributed by atoms with E-state index in [1.807, 2.05) is 24.3 Å². The highest BCUT2D eigenvalue weighted by Gasteiger charge is 2.38. The number of hydrogen-bond donors (Lipinski definition) is 2. The maximum Gasteiger partial charge on any atom is 0.252 e. The number of amides is 1. The predicted octanol–water partition coefficient (Wildman–Crippen LogP) is 3.49. The highest BCUT2D eigenvalue weighted by atomic mass is 79.9. The third-order valence-electron chi connectivity index (χ3n) is 3.64. The van der Waals surface area contributed by atoms with Gasteiger partial charge in [-0.1, -0.05) is 12.1 Å². The molecule has 1 fully saturated rings. The van der Waals surface area contributed by atoms with E-state index >= 15 is 0 Å². The van der Waals surface area contributed by atoms with Crippen LogP contribution in [0.3, 0.4) is 0 Å². The van der Waals surface area contributed by atoms with Crippen LogP contribution in [0.5, 0.6) is 0 Å². The SMILES string of the molecule is CC1(C)CC(NC(=O)c2ccccc2Br)CC(C)(C)N1. The molecule has 1 aromatic carbocycles. The van der Waals surface area contributed by atoms with Crippen LogP contribution in [0.25, 0.3) is 0 Å². The molecule has 0 saturated carbocycles. The third-order valence-corrected chi connectivity index (χ3v) is 4.34. The Balaban J connectivity index is 2.10. The molecule has 1 heterocycles. The van der Waals surface area contributed by atoms with E-state index in [0.29, 0.717) is 5.56 Å². The molecule has 0 aromatic heterocycles. The lowest BCUT2D eigenvalue weighted by atomic mass is 9.79. The Kier molecular flexibility index (Phi) is 4.26. The molecule has 2 rings (SSSR count). The van der Waals surface area contributed by atoms with Gasteiger partial charge < -0.3 is 10.6 Å². The summed E-state index contributed by atoms with van der Waals surface area (Å²) < 4.78 is 0.838. The van der Waals surface area contributed by atoms with Gasteiger partial charge in [0.25, 0.3) is 5.91 Å². The van der Waals surface area contributed by atoms with Crippen molar-refractivity contribution in [1.29, 1.82) is 0 Å². The number of halogens is 1. The molecular weight excluding hydrogens is 316 g/mol. The van der Waals surface area contributed by atoms with Gasteiger partial charge in [-0.25, -0.2) is 0 Å². The average Bonchev–Trinajstić information content (AvgIpc) is 2.24. The first kappa shape index (κ1) is 15.5. The normalized spacial score (nSPS) is 21.4. The quantitative estimate of drug-likeness (QED) is 0.866. The Hall–Kier alpha value is -0.870. The monoisotopic (exact) mass is 338 g/mol. The smallest absolute Gasteiger partial charge is 0.252 e. The van der Waals surface area contributed by atoms with Gasteiger partial charge in [-0.05, 0) is 68.6 Å². The Bertz CT molecular complexity index is 495. The van der Waals surface area contributed by atoms with Crippen LogP contribution in [0.1, 0.15) is 50.9 Å². The van der Waals surface area contributed by atoms with Crippen molar-refractivity contribution < 1.29 is 4.79 Å². The van der Waals surface area contributed by atoms with Crippen molar-refractivity contribution in [2.45, 2.75) is 57.7 Å². The van der Waals surface area contributed by atoms with E-state index in [1.165, 1.54) is 0 Å². The summed E-state index contributed by atoms with van der Waals surface area (Å²) in [5.41, 5.74) is 0.767. The summed E-state index contributed by atoms with van der Waals surface area (Å²) in [5.74, 6) is -0.00373. The molecule has 0 bridgehead atoms. The third kappa shape index (κ3) is 3.83. The highest BCUT2D eigenvalue weighted by molar-refractivity contribution is 9.10. The number of nitrogens with one attached hydrogen (secondary N) is 2. The van der Waals surface area contributed by atoms with E-state index in [0.717, 1.165) is 17.3 Å². The average molecular weight is 339 g/mol. The van der Waals surface area contributed by atoms with Crippen molar-refractivity contribution in [3.8, 4) is 0 Å². The van der Waals surface area contributed by atoms with E-state index in [-0.39, 0.29) is 23.0 Å². The maximum absolute atomic E-state index is 12.4. The van der Waals surface area contributed by atoms with Crippen molar-refractivity contribution in [3.05, 3.63) is 34.3 Å². The van der Waals surface area contributed by atoms with E-state index in [2.05, 4.69) is 54.3 Å². The Labute approximate surface area is 129 Å². The van der Waals surface area contributed by atoms with Gasteiger partial charge in [-0.3, -0.25) is 4.79 Å². The van der Waals surface area contributed by atoms with Gasteiger partial charge >= 0.3 is 0 Å². The molecule has 3 nitrogen and oxygen atoms in total. The summed E-state index contributed by atoms with van der Waals surface area (Å²) in [5, 5.41) is 6.80. The topological polar surface area (TPSA) is 41.1 Å². The van der Waals surface area contributed by atoms with Gasteiger partial charge in [-0.2, -0.15) is 0 Å². The summed E-state index contributed by atoms with van der Waals surface area (Å²) in [6.07, 6.45) is 1.87. The van der Waals surface area contributed by atoms with Crippen LogP contribution in [0, 0.1) is 0 Å². The summed E-state index contributed by atoms with van der Waals surface area (Å²) in [4.78, 5) is 12.4. The van der Waals surface area contributed by atoms with Gasteiger partial charge in [-0.15, -0.1) is 0 Å². The predicted molar refractivity (Wildman–Crippen MR) is 85.9 cm³/mol. The minimum absolute atomic E-state index is 0.00373. The van der Waals surface area contributed by atoms with Gasteiger partial charge in [0, 0.05) is 21.6 Å². The lowest BCUT2D eigenvalue weighted by molar-refractivity contribution is 0.0872. The van der Waals surface area contributed by atoms with Gasteiger partial charge in [0.05, 0.1) is 5.56 Å². The first-order valence-corrected chi connectivity index (χ1v) is 7.83. The number of rotatable bonds is 2. The number of piperidine rings is 1. The van der Waals surface area contributed by atoms with Gasteiger partial charge in [0.15, 0.2) is 0 Å². The number of hydrogen-bond acceptors (Lipinski definition) is 2. The molecule has 2 N–H and O–H groups in total. The maximum atomic E-state index is 12.4. The Morgan fingerprint density at radius 2 is 1.75 bits per heavy atom. The van der Waals surface area contributed by atoms with Crippen molar-refractivity contribution in [1.82, 2.24) is 10.6 Å². The Morgan fingerprint density at radius 3 is 2.30 bits per heavy atom. The molecule has 20 heavy (non-hydrogen) atoms. The number of benzene rings is 1. The van der Waals surface area contributed by atoms with E-state index in [9.17, 15) is 4.79 Å². The molecule has 0 radical (unpaired) electrons. The summed E-state index contributed by atoms with van der Waals surface area (Å²) in [6.45, 7) is 8.74. The van der Waals surface area contributed by atoms with Crippen molar-refractivity contribution in [2.24, 2.45) is 0 Å². The van der Waals surface area contributed by atoms with Crippen molar-refractivity contribution >= 4 is 21.8 Å². The van der Waals surface area contributed by atoms with Crippen LogP contribution in [-0.4, -0.2) is 23.0 Å². The van der Waals surface area contributed by atoms with Crippen LogP contribution in [-0.2, 0) is 0 Å². The summed E-state index contributed by atoms with van der Waals surface area (Å²) >= 11 is 3.43. The fraction of sp³-hybridized carbons (Fsp3) is 0.562. The lowest BCUT2D eigenvalue weighted by Crippen LogP contribution is -2.62. The molecule has 0 unspecified atom stereocenters. The molecule has 0 spiro atoms. The number of carbonyl (C=O) groups excluding carboxylic acids is 1. The highest BCUT2D eigenvalue weighted by Crippen LogP contribution is 2.29. The zero-order valence-corrected chi connectivity index (χ0v) is 14.2. The van der Waals surface area contributed by atoms with Gasteiger partial charge in [0.1, 0.15) is 0 Å². The van der Waals surface area contributed by atoms with Gasteiger partial charge in [0.2, 0.25) is 0 Å². The molecule has 1 aliphatic heterocycles. The Morgan fingerprint density at radius 1 is 1.20 bits per heavy atom. The summed E-state index contributed by atoms with van der Waals surface area (Å²) in [7, 11) is 0. The molecular formula is C16H23BrN2O. The molecule has 1 saturated heterocycles. The van der Waals surface area contributed by atoms with Crippen LogP contribution in [0.2, 0.25) is 0 Å². The first-order valence-electron chi connectivity index (χ1n) is 7.03. The number of carbonyl (C=O) groups is 1. The molecule has 0 aliphatic carbocycles. The molecule has 0 atom stereocenters. The van der Waals surface area contributed by atoms with Crippen molar-refractivity contribution in [2.75, 3.05) is 0 Å². The second-order valence-electron chi connectivity index (χ2n) is 6.95. The zero-order valence-electron chi connectivity index (χ0n) is 12.6. The second kappa shape index (κ2) is 5.49. The first-order chi connectivity index (χ1) is 9.19. The lowest BCUT2D eigenvalue weighted by Gasteiger charge is -2.46. The van der Waals surface area contributed by atoms with Crippen LogP contribution in [0.4, 0.5) is 0 Å². The zero-order chi connectivity index (χ0) is 15.0. The second-order valence-corrected chi connectivity index (χ2v) is 7.81. The fourth-order valence-corrected chi connectivity index (χ4v) is 3.80.